The van der Waals surface area contributed by atoms with Gasteiger partial charge in [0, 0.05) is 31.8 Å². The van der Waals surface area contributed by atoms with Crippen molar-refractivity contribution in [2.75, 3.05) is 26.7 Å². The topological polar surface area (TPSA) is 83.8 Å². The molecular formula is C13H14ClN3O4. The van der Waals surface area contributed by atoms with E-state index in [1.807, 2.05) is 0 Å². The first-order chi connectivity index (χ1) is 9.90. The van der Waals surface area contributed by atoms with Gasteiger partial charge in [-0.05, 0) is 18.6 Å². The van der Waals surface area contributed by atoms with Crippen molar-refractivity contribution in [3.05, 3.63) is 38.9 Å². The van der Waals surface area contributed by atoms with Gasteiger partial charge < -0.3 is 9.80 Å². The van der Waals surface area contributed by atoms with Crippen molar-refractivity contribution < 1.29 is 14.5 Å². The fourth-order valence-corrected chi connectivity index (χ4v) is 2.31. The Balaban J connectivity index is 2.25. The largest absolute Gasteiger partial charge is 0.344 e. The van der Waals surface area contributed by atoms with Crippen LogP contribution in [-0.4, -0.2) is 53.2 Å². The third kappa shape index (κ3) is 3.30. The third-order valence-electron chi connectivity index (χ3n) is 3.35. The van der Waals surface area contributed by atoms with Crippen molar-refractivity contribution in [1.82, 2.24) is 9.80 Å². The van der Waals surface area contributed by atoms with E-state index in [9.17, 15) is 19.7 Å². The van der Waals surface area contributed by atoms with Gasteiger partial charge in [-0.2, -0.15) is 0 Å². The summed E-state index contributed by atoms with van der Waals surface area (Å²) in [6.45, 7) is 1.00. The Hall–Kier alpha value is -2.15. The Kier molecular flexibility index (Phi) is 4.42. The number of hydrogen-bond acceptors (Lipinski definition) is 4. The zero-order valence-corrected chi connectivity index (χ0v) is 12.2. The molecule has 1 aliphatic heterocycles. The second-order valence-electron chi connectivity index (χ2n) is 4.82. The van der Waals surface area contributed by atoms with E-state index >= 15 is 0 Å². The highest BCUT2D eigenvalue weighted by Crippen LogP contribution is 2.25. The number of carbonyl (C=O) groups is 2. The molecule has 0 atom stereocenters. The molecule has 0 unspecified atom stereocenters. The van der Waals surface area contributed by atoms with Crippen LogP contribution >= 0.6 is 11.6 Å². The minimum atomic E-state index is -0.638. The normalized spacial score (nSPS) is 15.8. The van der Waals surface area contributed by atoms with Crippen molar-refractivity contribution in [2.45, 2.75) is 6.42 Å². The van der Waals surface area contributed by atoms with Crippen molar-refractivity contribution in [3.8, 4) is 0 Å². The van der Waals surface area contributed by atoms with Gasteiger partial charge in [-0.1, -0.05) is 11.6 Å². The van der Waals surface area contributed by atoms with Crippen molar-refractivity contribution in [2.24, 2.45) is 0 Å². The second kappa shape index (κ2) is 6.09. The average molecular weight is 312 g/mol. The summed E-state index contributed by atoms with van der Waals surface area (Å²) in [5, 5.41) is 10.8. The lowest BCUT2D eigenvalue weighted by Crippen LogP contribution is -2.38. The lowest BCUT2D eigenvalue weighted by molar-refractivity contribution is -0.384. The SMILES string of the molecule is CN1CCCN(C(=O)c2ccc(Cl)c([N+](=O)[O-])c2)CC1=O. The molecule has 1 heterocycles. The molecule has 1 fully saturated rings. The van der Waals surface area contributed by atoms with Crippen LogP contribution in [0.3, 0.4) is 0 Å². The molecule has 1 aromatic carbocycles. The zero-order valence-electron chi connectivity index (χ0n) is 11.4. The van der Waals surface area contributed by atoms with Gasteiger partial charge in [-0.25, -0.2) is 0 Å². The molecule has 0 bridgehead atoms. The van der Waals surface area contributed by atoms with Gasteiger partial charge in [0.1, 0.15) is 11.6 Å². The van der Waals surface area contributed by atoms with Gasteiger partial charge in [-0.15, -0.1) is 0 Å². The first kappa shape index (κ1) is 15.2. The van der Waals surface area contributed by atoms with E-state index in [0.29, 0.717) is 19.5 Å². The Labute approximate surface area is 126 Å². The molecule has 0 aliphatic carbocycles. The van der Waals surface area contributed by atoms with Crippen LogP contribution in [-0.2, 0) is 4.79 Å². The summed E-state index contributed by atoms with van der Waals surface area (Å²) < 4.78 is 0. The van der Waals surface area contributed by atoms with Gasteiger partial charge >= 0.3 is 0 Å². The summed E-state index contributed by atoms with van der Waals surface area (Å²) >= 11 is 5.72. The minimum Gasteiger partial charge on any atom is -0.344 e. The number of halogens is 1. The third-order valence-corrected chi connectivity index (χ3v) is 3.67. The van der Waals surface area contributed by atoms with Crippen LogP contribution < -0.4 is 0 Å². The molecule has 0 saturated carbocycles. The fourth-order valence-electron chi connectivity index (χ4n) is 2.13. The van der Waals surface area contributed by atoms with Crippen molar-refractivity contribution >= 4 is 29.1 Å². The number of nitro benzene ring substituents is 1. The fraction of sp³-hybridized carbons (Fsp3) is 0.385. The number of likely N-dealkylation sites (N-methyl/N-ethyl adjacent to an activating group) is 1. The Morgan fingerprint density at radius 3 is 2.76 bits per heavy atom. The highest BCUT2D eigenvalue weighted by Gasteiger charge is 2.25. The van der Waals surface area contributed by atoms with Gasteiger partial charge in [-0.3, -0.25) is 19.7 Å². The summed E-state index contributed by atoms with van der Waals surface area (Å²) in [6.07, 6.45) is 0.670. The zero-order chi connectivity index (χ0) is 15.6. The summed E-state index contributed by atoms with van der Waals surface area (Å²) in [5.74, 6) is -0.553. The van der Waals surface area contributed by atoms with Crippen molar-refractivity contribution in [3.63, 3.8) is 0 Å². The van der Waals surface area contributed by atoms with E-state index in [-0.39, 0.29) is 28.7 Å². The monoisotopic (exact) mass is 311 g/mol. The Morgan fingerprint density at radius 1 is 1.38 bits per heavy atom. The summed E-state index contributed by atoms with van der Waals surface area (Å²) in [4.78, 5) is 37.4. The molecule has 2 rings (SSSR count). The molecule has 0 spiro atoms. The molecule has 0 radical (unpaired) electrons. The molecule has 0 aromatic heterocycles. The van der Waals surface area contributed by atoms with Crippen LogP contribution in [0.25, 0.3) is 0 Å². The first-order valence-corrected chi connectivity index (χ1v) is 6.75. The van der Waals surface area contributed by atoms with E-state index in [1.165, 1.54) is 17.0 Å². The van der Waals surface area contributed by atoms with Crippen LogP contribution in [0, 0.1) is 10.1 Å². The van der Waals surface area contributed by atoms with Crippen LogP contribution in [0.5, 0.6) is 0 Å². The average Bonchev–Trinajstić information content (AvgIpc) is 2.60. The highest BCUT2D eigenvalue weighted by molar-refractivity contribution is 6.32. The van der Waals surface area contributed by atoms with Gasteiger partial charge in [0.25, 0.3) is 11.6 Å². The van der Waals surface area contributed by atoms with Crippen LogP contribution in [0.1, 0.15) is 16.8 Å². The highest BCUT2D eigenvalue weighted by atomic mass is 35.5. The van der Waals surface area contributed by atoms with E-state index < -0.39 is 10.8 Å². The lowest BCUT2D eigenvalue weighted by Gasteiger charge is -2.19. The van der Waals surface area contributed by atoms with E-state index in [4.69, 9.17) is 11.6 Å². The molecule has 21 heavy (non-hydrogen) atoms. The number of rotatable bonds is 2. The van der Waals surface area contributed by atoms with Gasteiger partial charge in [0.2, 0.25) is 5.91 Å². The summed E-state index contributed by atoms with van der Waals surface area (Å²) in [5.41, 5.74) is -0.163. The number of hydrogen-bond donors (Lipinski definition) is 0. The molecule has 1 aromatic rings. The maximum absolute atomic E-state index is 12.4. The molecule has 8 heteroatoms. The standard InChI is InChI=1S/C13H14ClN3O4/c1-15-5-2-6-16(8-12(15)18)13(19)9-3-4-10(14)11(7-9)17(20)21/h3-4,7H,2,5-6,8H2,1H3. The number of nitrogens with zero attached hydrogens (tertiary/aromatic N) is 3. The maximum atomic E-state index is 12.4. The molecule has 7 nitrogen and oxygen atoms in total. The number of benzene rings is 1. The van der Waals surface area contributed by atoms with Crippen LogP contribution in [0.15, 0.2) is 18.2 Å². The number of carbonyl (C=O) groups excluding carboxylic acids is 2. The number of amides is 2. The predicted octanol–water partition coefficient (Wildman–Crippen LogP) is 1.55. The molecule has 112 valence electrons. The van der Waals surface area contributed by atoms with Crippen molar-refractivity contribution in [1.29, 1.82) is 0 Å². The smallest absolute Gasteiger partial charge is 0.288 e. The second-order valence-corrected chi connectivity index (χ2v) is 5.23. The number of nitro groups is 1. The molecule has 1 aliphatic rings. The molecule has 0 N–H and O–H groups in total. The van der Waals surface area contributed by atoms with Gasteiger partial charge in [0.15, 0.2) is 0 Å². The van der Waals surface area contributed by atoms with E-state index in [0.717, 1.165) is 6.07 Å². The summed E-state index contributed by atoms with van der Waals surface area (Å²) in [6, 6.07) is 3.89. The first-order valence-electron chi connectivity index (χ1n) is 6.37. The quantitative estimate of drug-likeness (QED) is 0.613. The van der Waals surface area contributed by atoms with E-state index in [2.05, 4.69) is 0 Å². The Morgan fingerprint density at radius 2 is 2.10 bits per heavy atom. The molecule has 2 amide bonds. The Bertz CT molecular complexity index is 605. The predicted molar refractivity (Wildman–Crippen MR) is 76.3 cm³/mol. The summed E-state index contributed by atoms with van der Waals surface area (Å²) in [7, 11) is 1.68. The van der Waals surface area contributed by atoms with E-state index in [1.54, 1.807) is 11.9 Å². The minimum absolute atomic E-state index is 0.0221. The molecule has 1 saturated heterocycles. The van der Waals surface area contributed by atoms with Gasteiger partial charge in [0.05, 0.1) is 4.92 Å². The maximum Gasteiger partial charge on any atom is 0.288 e. The van der Waals surface area contributed by atoms with Crippen LogP contribution in [0.4, 0.5) is 5.69 Å². The van der Waals surface area contributed by atoms with Crippen LogP contribution in [0.2, 0.25) is 5.02 Å². The molecular weight excluding hydrogens is 298 g/mol. The lowest BCUT2D eigenvalue weighted by atomic mass is 10.1.